The maximum atomic E-state index is 11.8. The number of esters is 1. The summed E-state index contributed by atoms with van der Waals surface area (Å²) in [6.45, 7) is 2.05. The lowest BCUT2D eigenvalue weighted by molar-refractivity contribution is 0.0526. The molecule has 2 N–H and O–H groups in total. The van der Waals surface area contributed by atoms with Gasteiger partial charge in [-0.2, -0.15) is 10.1 Å². The highest BCUT2D eigenvalue weighted by atomic mass is 35.5. The molecule has 0 amide bonds. The molecule has 2 heterocycles. The summed E-state index contributed by atoms with van der Waals surface area (Å²) >= 11 is 12.1. The highest BCUT2D eigenvalue weighted by molar-refractivity contribution is 6.36. The molecule has 10 nitrogen and oxygen atoms in total. The third-order valence-corrected chi connectivity index (χ3v) is 4.67. The number of rotatable bonds is 7. The van der Waals surface area contributed by atoms with Crippen molar-refractivity contribution in [1.29, 1.82) is 0 Å². The molecule has 2 aromatic heterocycles. The van der Waals surface area contributed by atoms with Crippen molar-refractivity contribution in [3.63, 3.8) is 0 Å². The van der Waals surface area contributed by atoms with Gasteiger partial charge in [0.2, 0.25) is 11.3 Å². The molecule has 0 aliphatic heterocycles. The van der Waals surface area contributed by atoms with Crippen molar-refractivity contribution in [2.75, 3.05) is 17.3 Å². The number of carbonyl (C=O) groups excluding carboxylic acids is 1. The van der Waals surface area contributed by atoms with Crippen LogP contribution in [0, 0.1) is 0 Å². The second kappa shape index (κ2) is 9.58. The Labute approximate surface area is 191 Å². The quantitative estimate of drug-likeness (QED) is 0.224. The number of benzene rings is 2. The van der Waals surface area contributed by atoms with E-state index in [9.17, 15) is 4.79 Å². The molecule has 0 aliphatic carbocycles. The van der Waals surface area contributed by atoms with Crippen molar-refractivity contribution in [1.82, 2.24) is 20.3 Å². The Morgan fingerprint density at radius 2 is 1.81 bits per heavy atom. The number of halogens is 2. The molecule has 0 aliphatic rings. The Balaban J connectivity index is 1.57. The number of hydrazone groups is 1. The van der Waals surface area contributed by atoms with E-state index < -0.39 is 5.97 Å². The van der Waals surface area contributed by atoms with E-state index in [-0.39, 0.29) is 17.1 Å². The van der Waals surface area contributed by atoms with Crippen molar-refractivity contribution >= 4 is 64.0 Å². The zero-order chi connectivity index (χ0) is 22.5. The van der Waals surface area contributed by atoms with E-state index in [2.05, 4.69) is 36.1 Å². The van der Waals surface area contributed by atoms with E-state index in [4.69, 9.17) is 32.6 Å². The number of hydrogen-bond acceptors (Lipinski definition) is 10. The monoisotopic (exact) mass is 471 g/mol. The van der Waals surface area contributed by atoms with Gasteiger partial charge >= 0.3 is 5.97 Å². The van der Waals surface area contributed by atoms with Crippen LogP contribution >= 0.6 is 23.2 Å². The van der Waals surface area contributed by atoms with Crippen molar-refractivity contribution in [2.45, 2.75) is 6.92 Å². The van der Waals surface area contributed by atoms with Gasteiger partial charge in [-0.3, -0.25) is 5.43 Å². The third-order valence-electron chi connectivity index (χ3n) is 4.11. The van der Waals surface area contributed by atoms with Crippen LogP contribution in [0.1, 0.15) is 22.8 Å². The summed E-state index contributed by atoms with van der Waals surface area (Å²) in [5.74, 6) is 0.187. The Morgan fingerprint density at radius 3 is 2.50 bits per heavy atom. The zero-order valence-electron chi connectivity index (χ0n) is 16.5. The normalized spacial score (nSPS) is 11.1. The maximum Gasteiger partial charge on any atom is 0.338 e. The lowest BCUT2D eigenvalue weighted by atomic mass is 10.2. The van der Waals surface area contributed by atoms with Gasteiger partial charge in [-0.05, 0) is 53.6 Å². The van der Waals surface area contributed by atoms with Crippen LogP contribution in [-0.2, 0) is 4.74 Å². The minimum Gasteiger partial charge on any atom is -0.462 e. The zero-order valence-corrected chi connectivity index (χ0v) is 18.1. The standard InChI is InChI=1S/C20H15Cl2N7O3/c1-2-31-20(30)11-4-7-14(8-5-11)24-16-17(26-19-18(25-16)28-32-29-19)27-23-10-12-3-6-13(21)9-15(12)22/h3-10H,2H2,1H3,(H,24,25,28)(H,26,27,29)/b23-10-. The first kappa shape index (κ1) is 21.5. The molecule has 0 saturated heterocycles. The highest BCUT2D eigenvalue weighted by Gasteiger charge is 2.13. The van der Waals surface area contributed by atoms with E-state index in [1.807, 2.05) is 0 Å². The first-order valence-electron chi connectivity index (χ1n) is 9.32. The van der Waals surface area contributed by atoms with Gasteiger partial charge in [0, 0.05) is 16.3 Å². The number of hydrogen-bond donors (Lipinski definition) is 2. The summed E-state index contributed by atoms with van der Waals surface area (Å²) in [4.78, 5) is 20.5. The summed E-state index contributed by atoms with van der Waals surface area (Å²) in [5.41, 5.74) is 4.97. The van der Waals surface area contributed by atoms with Gasteiger partial charge in [-0.15, -0.1) is 0 Å². The minimum atomic E-state index is -0.397. The van der Waals surface area contributed by atoms with Crippen molar-refractivity contribution < 1.29 is 14.2 Å². The summed E-state index contributed by atoms with van der Waals surface area (Å²) in [6, 6.07) is 11.7. The lowest BCUT2D eigenvalue weighted by Gasteiger charge is -2.10. The SMILES string of the molecule is CCOC(=O)c1ccc(Nc2nc3nonc3nc2N/N=C\c2ccc(Cl)cc2Cl)cc1. The molecule has 0 spiro atoms. The second-order valence-electron chi connectivity index (χ2n) is 6.29. The minimum absolute atomic E-state index is 0.204. The van der Waals surface area contributed by atoms with Crippen molar-refractivity contribution in [3.05, 3.63) is 63.6 Å². The van der Waals surface area contributed by atoms with Gasteiger partial charge in [0.15, 0.2) is 11.6 Å². The van der Waals surface area contributed by atoms with Gasteiger partial charge < -0.3 is 10.1 Å². The Hall–Kier alpha value is -3.76. The number of nitrogens with zero attached hydrogens (tertiary/aromatic N) is 5. The number of ether oxygens (including phenoxy) is 1. The molecule has 162 valence electrons. The van der Waals surface area contributed by atoms with Gasteiger partial charge in [-0.1, -0.05) is 29.3 Å². The number of nitrogens with one attached hydrogen (secondary N) is 2. The average Bonchev–Trinajstić information content (AvgIpc) is 3.23. The molecule has 0 atom stereocenters. The predicted octanol–water partition coefficient (Wildman–Crippen LogP) is 4.69. The molecule has 0 saturated carbocycles. The fourth-order valence-electron chi connectivity index (χ4n) is 2.61. The summed E-state index contributed by atoms with van der Waals surface area (Å²) in [5, 5.41) is 15.7. The molecule has 2 aromatic carbocycles. The van der Waals surface area contributed by atoms with Crippen LogP contribution in [0.5, 0.6) is 0 Å². The number of anilines is 3. The molecule has 4 rings (SSSR count). The third kappa shape index (κ3) is 4.93. The number of carbonyl (C=O) groups is 1. The first-order valence-corrected chi connectivity index (χ1v) is 10.1. The molecule has 0 radical (unpaired) electrons. The number of aromatic nitrogens is 4. The van der Waals surface area contributed by atoms with E-state index in [1.165, 1.54) is 6.21 Å². The van der Waals surface area contributed by atoms with Gasteiger partial charge in [0.1, 0.15) is 0 Å². The topological polar surface area (TPSA) is 127 Å². The molecule has 0 bridgehead atoms. The molecule has 4 aromatic rings. The Bertz CT molecular complexity index is 1290. The lowest BCUT2D eigenvalue weighted by Crippen LogP contribution is -2.05. The Morgan fingerprint density at radius 1 is 1.09 bits per heavy atom. The maximum absolute atomic E-state index is 11.8. The van der Waals surface area contributed by atoms with E-state index >= 15 is 0 Å². The van der Waals surface area contributed by atoms with Crippen LogP contribution in [0.25, 0.3) is 11.3 Å². The van der Waals surface area contributed by atoms with Crippen molar-refractivity contribution in [2.24, 2.45) is 5.10 Å². The first-order chi connectivity index (χ1) is 15.5. The van der Waals surface area contributed by atoms with Crippen LogP contribution in [0.15, 0.2) is 52.2 Å². The highest BCUT2D eigenvalue weighted by Crippen LogP contribution is 2.24. The molecular weight excluding hydrogens is 457 g/mol. The molecular formula is C20H15Cl2N7O3. The summed E-state index contributed by atoms with van der Waals surface area (Å²) < 4.78 is 9.68. The fraction of sp³-hybridized carbons (Fsp3) is 0.100. The van der Waals surface area contributed by atoms with Crippen LogP contribution < -0.4 is 10.7 Å². The van der Waals surface area contributed by atoms with Gasteiger partial charge in [0.05, 0.1) is 23.4 Å². The smallest absolute Gasteiger partial charge is 0.338 e. The van der Waals surface area contributed by atoms with Gasteiger partial charge in [0.25, 0.3) is 0 Å². The molecule has 32 heavy (non-hydrogen) atoms. The fourth-order valence-corrected chi connectivity index (χ4v) is 3.07. The average molecular weight is 472 g/mol. The van der Waals surface area contributed by atoms with Crippen LogP contribution in [0.3, 0.4) is 0 Å². The summed E-state index contributed by atoms with van der Waals surface area (Å²) in [7, 11) is 0. The van der Waals surface area contributed by atoms with E-state index in [1.54, 1.807) is 49.4 Å². The number of fused-ring (bicyclic) bond motifs is 1. The molecule has 0 fully saturated rings. The molecule has 0 unspecified atom stereocenters. The summed E-state index contributed by atoms with van der Waals surface area (Å²) in [6.07, 6.45) is 1.52. The predicted molar refractivity (Wildman–Crippen MR) is 121 cm³/mol. The Kier molecular flexibility index (Phi) is 6.43. The van der Waals surface area contributed by atoms with E-state index in [0.29, 0.717) is 39.3 Å². The van der Waals surface area contributed by atoms with Crippen LogP contribution in [0.2, 0.25) is 10.0 Å². The van der Waals surface area contributed by atoms with Gasteiger partial charge in [-0.25, -0.2) is 14.4 Å². The van der Waals surface area contributed by atoms with E-state index in [0.717, 1.165) is 0 Å². The van der Waals surface area contributed by atoms with Crippen LogP contribution in [0.4, 0.5) is 17.3 Å². The van der Waals surface area contributed by atoms with Crippen LogP contribution in [-0.4, -0.2) is 39.1 Å². The second-order valence-corrected chi connectivity index (χ2v) is 7.13. The largest absolute Gasteiger partial charge is 0.462 e. The van der Waals surface area contributed by atoms with Crippen molar-refractivity contribution in [3.8, 4) is 0 Å². The molecule has 12 heteroatoms.